The van der Waals surface area contributed by atoms with Crippen molar-refractivity contribution in [2.24, 2.45) is 0 Å². The summed E-state index contributed by atoms with van der Waals surface area (Å²) in [7, 11) is 0. The first-order valence-corrected chi connectivity index (χ1v) is 7.35. The predicted molar refractivity (Wildman–Crippen MR) is 78.6 cm³/mol. The second kappa shape index (κ2) is 7.94. The summed E-state index contributed by atoms with van der Waals surface area (Å²) in [5, 5.41) is -0.237. The molecule has 0 amide bonds. The zero-order valence-electron chi connectivity index (χ0n) is 11.6. The number of thioether (sulfide) groups is 1. The first kappa shape index (κ1) is 15.7. The van der Waals surface area contributed by atoms with Crippen LogP contribution in [0, 0.1) is 0 Å². The first-order chi connectivity index (χ1) is 9.12. The smallest absolute Gasteiger partial charge is 0.319 e. The molecule has 1 unspecified atom stereocenters. The van der Waals surface area contributed by atoms with Gasteiger partial charge < -0.3 is 15.2 Å². The molecule has 0 aliphatic heterocycles. The molecule has 0 aromatic heterocycles. The third-order valence-corrected chi connectivity index (χ3v) is 3.90. The Balaban J connectivity index is 2.83. The lowest BCUT2D eigenvalue weighted by Gasteiger charge is -2.15. The lowest BCUT2D eigenvalue weighted by atomic mass is 10.3. The van der Waals surface area contributed by atoms with E-state index in [-0.39, 0.29) is 11.2 Å². The average molecular weight is 283 g/mol. The second-order valence-electron chi connectivity index (χ2n) is 3.90. The Morgan fingerprint density at radius 1 is 1.32 bits per heavy atom. The molecule has 0 aliphatic rings. The fourth-order valence-electron chi connectivity index (χ4n) is 1.56. The van der Waals surface area contributed by atoms with Crippen LogP contribution in [0.2, 0.25) is 0 Å². The van der Waals surface area contributed by atoms with Gasteiger partial charge in [0.05, 0.1) is 13.2 Å². The molecular weight excluding hydrogens is 262 g/mol. The molecule has 2 N–H and O–H groups in total. The molecule has 0 radical (unpaired) electrons. The van der Waals surface area contributed by atoms with Gasteiger partial charge in [-0.15, -0.1) is 11.8 Å². The summed E-state index contributed by atoms with van der Waals surface area (Å²) in [5.41, 5.74) is 6.58. The molecule has 1 rings (SSSR count). The van der Waals surface area contributed by atoms with Crippen LogP contribution >= 0.6 is 11.8 Å². The molecule has 0 saturated carbocycles. The summed E-state index contributed by atoms with van der Waals surface area (Å²) >= 11 is 1.42. The SMILES string of the molecule is CCOC(=O)C(CC)Sc1cc(OCC)ccc1N. The van der Waals surface area contributed by atoms with Gasteiger partial charge in [0.25, 0.3) is 0 Å². The van der Waals surface area contributed by atoms with Crippen LogP contribution in [0.25, 0.3) is 0 Å². The number of hydrogen-bond donors (Lipinski definition) is 1. The van der Waals surface area contributed by atoms with Crippen LogP contribution in [0.5, 0.6) is 5.75 Å². The molecule has 1 atom stereocenters. The number of anilines is 1. The van der Waals surface area contributed by atoms with Crippen molar-refractivity contribution in [1.29, 1.82) is 0 Å². The molecule has 0 fully saturated rings. The number of carbonyl (C=O) groups is 1. The molecule has 0 spiro atoms. The van der Waals surface area contributed by atoms with E-state index >= 15 is 0 Å². The van der Waals surface area contributed by atoms with Crippen LogP contribution in [0.4, 0.5) is 5.69 Å². The van der Waals surface area contributed by atoms with Crippen LogP contribution in [-0.2, 0) is 9.53 Å². The predicted octanol–water partition coefficient (Wildman–Crippen LogP) is 3.10. The van der Waals surface area contributed by atoms with Crippen molar-refractivity contribution in [3.8, 4) is 5.75 Å². The fourth-order valence-corrected chi connectivity index (χ4v) is 2.59. The van der Waals surface area contributed by atoms with E-state index in [1.54, 1.807) is 13.0 Å². The van der Waals surface area contributed by atoms with Gasteiger partial charge in [-0.05, 0) is 38.5 Å². The van der Waals surface area contributed by atoms with E-state index in [1.165, 1.54) is 11.8 Å². The summed E-state index contributed by atoms with van der Waals surface area (Å²) in [6.45, 7) is 6.68. The zero-order chi connectivity index (χ0) is 14.3. The van der Waals surface area contributed by atoms with Crippen molar-refractivity contribution in [3.63, 3.8) is 0 Å². The lowest BCUT2D eigenvalue weighted by molar-refractivity contribution is -0.142. The van der Waals surface area contributed by atoms with Crippen LogP contribution in [0.1, 0.15) is 27.2 Å². The lowest BCUT2D eigenvalue weighted by Crippen LogP contribution is -2.19. The van der Waals surface area contributed by atoms with Gasteiger partial charge in [0.15, 0.2) is 0 Å². The van der Waals surface area contributed by atoms with Gasteiger partial charge in [-0.3, -0.25) is 4.79 Å². The van der Waals surface area contributed by atoms with Gasteiger partial charge >= 0.3 is 5.97 Å². The van der Waals surface area contributed by atoms with Crippen molar-refractivity contribution in [2.75, 3.05) is 18.9 Å². The maximum absolute atomic E-state index is 11.8. The highest BCUT2D eigenvalue weighted by Gasteiger charge is 2.20. The number of esters is 1. The molecule has 5 heteroatoms. The molecule has 0 bridgehead atoms. The number of rotatable bonds is 7. The largest absolute Gasteiger partial charge is 0.494 e. The summed E-state index contributed by atoms with van der Waals surface area (Å²) in [6.07, 6.45) is 0.696. The highest BCUT2D eigenvalue weighted by molar-refractivity contribution is 8.00. The normalized spacial score (nSPS) is 11.9. The minimum absolute atomic E-state index is 0.198. The molecule has 4 nitrogen and oxygen atoms in total. The monoisotopic (exact) mass is 283 g/mol. The third-order valence-electron chi connectivity index (χ3n) is 2.49. The molecular formula is C14H21NO3S. The van der Waals surface area contributed by atoms with Crippen molar-refractivity contribution in [3.05, 3.63) is 18.2 Å². The maximum Gasteiger partial charge on any atom is 0.319 e. The molecule has 1 aromatic carbocycles. The van der Waals surface area contributed by atoms with E-state index in [2.05, 4.69) is 0 Å². The number of hydrogen-bond acceptors (Lipinski definition) is 5. The number of nitrogen functional groups attached to an aromatic ring is 1. The van der Waals surface area contributed by atoms with Crippen molar-refractivity contribution < 1.29 is 14.3 Å². The van der Waals surface area contributed by atoms with Gasteiger partial charge in [-0.25, -0.2) is 0 Å². The Morgan fingerprint density at radius 3 is 2.63 bits per heavy atom. The van der Waals surface area contributed by atoms with Crippen molar-refractivity contribution in [2.45, 2.75) is 37.3 Å². The maximum atomic E-state index is 11.8. The standard InChI is InChI=1S/C14H21NO3S/c1-4-12(14(16)18-6-3)19-13-9-10(17-5-2)7-8-11(13)15/h7-9,12H,4-6,15H2,1-3H3. The van der Waals surface area contributed by atoms with Crippen LogP contribution in [0.3, 0.4) is 0 Å². The fraction of sp³-hybridized carbons (Fsp3) is 0.500. The Morgan fingerprint density at radius 2 is 2.05 bits per heavy atom. The Kier molecular flexibility index (Phi) is 6.56. The van der Waals surface area contributed by atoms with E-state index in [0.29, 0.717) is 25.3 Å². The van der Waals surface area contributed by atoms with Gasteiger partial charge in [-0.2, -0.15) is 0 Å². The van der Waals surface area contributed by atoms with Crippen LogP contribution in [-0.4, -0.2) is 24.4 Å². The molecule has 106 valence electrons. The van der Waals surface area contributed by atoms with Gasteiger partial charge in [0.1, 0.15) is 11.0 Å². The Bertz CT molecular complexity index is 423. The summed E-state index contributed by atoms with van der Waals surface area (Å²) in [4.78, 5) is 12.6. The first-order valence-electron chi connectivity index (χ1n) is 6.47. The third kappa shape index (κ3) is 4.67. The second-order valence-corrected chi connectivity index (χ2v) is 5.14. The van der Waals surface area contributed by atoms with Crippen molar-refractivity contribution in [1.82, 2.24) is 0 Å². The van der Waals surface area contributed by atoms with Crippen LogP contribution in [0.15, 0.2) is 23.1 Å². The highest BCUT2D eigenvalue weighted by atomic mass is 32.2. The van der Waals surface area contributed by atoms with Gasteiger partial charge in [0, 0.05) is 10.6 Å². The van der Waals surface area contributed by atoms with Gasteiger partial charge in [0.2, 0.25) is 0 Å². The zero-order valence-corrected chi connectivity index (χ0v) is 12.5. The Hall–Kier alpha value is -1.36. The summed E-state index contributed by atoms with van der Waals surface area (Å²) in [5.74, 6) is 0.564. The highest BCUT2D eigenvalue weighted by Crippen LogP contribution is 2.33. The molecule has 1 aromatic rings. The average Bonchev–Trinajstić information content (AvgIpc) is 2.39. The van der Waals surface area contributed by atoms with E-state index in [0.717, 1.165) is 10.6 Å². The van der Waals surface area contributed by atoms with Crippen LogP contribution < -0.4 is 10.5 Å². The van der Waals surface area contributed by atoms with E-state index < -0.39 is 0 Å². The van der Waals surface area contributed by atoms with E-state index in [1.807, 2.05) is 26.0 Å². The summed E-state index contributed by atoms with van der Waals surface area (Å²) in [6, 6.07) is 5.49. The number of benzene rings is 1. The number of ether oxygens (including phenoxy) is 2. The Labute approximate surface area is 118 Å². The molecule has 0 heterocycles. The number of carbonyl (C=O) groups excluding carboxylic acids is 1. The minimum Gasteiger partial charge on any atom is -0.494 e. The number of nitrogens with two attached hydrogens (primary N) is 1. The molecule has 0 saturated heterocycles. The summed E-state index contributed by atoms with van der Waals surface area (Å²) < 4.78 is 10.5. The minimum atomic E-state index is -0.237. The quantitative estimate of drug-likeness (QED) is 0.473. The topological polar surface area (TPSA) is 61.5 Å². The van der Waals surface area contributed by atoms with Gasteiger partial charge in [-0.1, -0.05) is 6.92 Å². The molecule has 19 heavy (non-hydrogen) atoms. The van der Waals surface area contributed by atoms with Crippen molar-refractivity contribution >= 4 is 23.4 Å². The molecule has 0 aliphatic carbocycles. The van der Waals surface area contributed by atoms with E-state index in [9.17, 15) is 4.79 Å². The van der Waals surface area contributed by atoms with E-state index in [4.69, 9.17) is 15.2 Å².